The Morgan fingerprint density at radius 3 is 2.85 bits per heavy atom. The number of nitrogens with zero attached hydrogens (tertiary/aromatic N) is 2. The number of allylic oxidation sites excluding steroid dienone is 1. The quantitative estimate of drug-likeness (QED) is 0.442. The Kier molecular flexibility index (Phi) is 4.09. The zero-order valence-electron chi connectivity index (χ0n) is 14.6. The molecule has 2 N–H and O–H groups in total. The Hall–Kier alpha value is -2.12. The number of benzene rings is 1. The first kappa shape index (κ1) is 17.0. The van der Waals surface area contributed by atoms with Crippen LogP contribution in [0.2, 0.25) is 0 Å². The van der Waals surface area contributed by atoms with Crippen LogP contribution in [0, 0.1) is 11.8 Å². The van der Waals surface area contributed by atoms with E-state index in [0.717, 1.165) is 17.6 Å². The van der Waals surface area contributed by atoms with Crippen molar-refractivity contribution in [1.29, 1.82) is 0 Å². The van der Waals surface area contributed by atoms with E-state index in [1.807, 2.05) is 24.3 Å². The Labute approximate surface area is 165 Å². The molecule has 0 aromatic heterocycles. The summed E-state index contributed by atoms with van der Waals surface area (Å²) >= 11 is 3.61. The maximum Gasteiger partial charge on any atom is 0.228 e. The van der Waals surface area contributed by atoms with Crippen molar-refractivity contribution in [2.75, 3.05) is 13.1 Å². The highest BCUT2D eigenvalue weighted by atomic mass is 79.9. The number of ketones is 1. The predicted octanol–water partition coefficient (Wildman–Crippen LogP) is 2.44. The van der Waals surface area contributed by atoms with Gasteiger partial charge in [-0.25, -0.2) is 0 Å². The average Bonchev–Trinajstić information content (AvgIpc) is 3.44. The van der Waals surface area contributed by atoms with E-state index in [1.54, 1.807) is 0 Å². The summed E-state index contributed by atoms with van der Waals surface area (Å²) in [4.78, 5) is 25.7. The molecule has 0 saturated heterocycles. The first-order valence-corrected chi connectivity index (χ1v) is 10.1. The summed E-state index contributed by atoms with van der Waals surface area (Å²) in [5.41, 5.74) is 3.73. The number of carbonyl (C=O) groups is 2. The van der Waals surface area contributed by atoms with Gasteiger partial charge in [0.05, 0.1) is 35.7 Å². The molecular formula is C20H19BrN4O2. The Morgan fingerprint density at radius 2 is 2.04 bits per heavy atom. The van der Waals surface area contributed by atoms with Gasteiger partial charge in [-0.05, 0) is 35.1 Å². The van der Waals surface area contributed by atoms with Gasteiger partial charge in [0.2, 0.25) is 5.91 Å². The molecule has 1 amide bonds. The molecular weight excluding hydrogens is 408 g/mol. The van der Waals surface area contributed by atoms with Gasteiger partial charge in [0.1, 0.15) is 0 Å². The van der Waals surface area contributed by atoms with Gasteiger partial charge < -0.3 is 5.32 Å². The maximum absolute atomic E-state index is 13.0. The van der Waals surface area contributed by atoms with Crippen LogP contribution in [-0.2, 0) is 9.59 Å². The van der Waals surface area contributed by atoms with Crippen molar-refractivity contribution in [1.82, 2.24) is 10.6 Å². The number of hydrogen-bond acceptors (Lipinski definition) is 5. The Balaban J connectivity index is 1.35. The lowest BCUT2D eigenvalue weighted by Crippen LogP contribution is -2.42. The molecule has 2 aliphatic carbocycles. The Bertz CT molecular complexity index is 908. The molecule has 2 aliphatic heterocycles. The summed E-state index contributed by atoms with van der Waals surface area (Å²) < 4.78 is 0. The second-order valence-electron chi connectivity index (χ2n) is 7.46. The summed E-state index contributed by atoms with van der Waals surface area (Å²) in [5.74, 6) is -0.289. The van der Waals surface area contributed by atoms with Crippen LogP contribution < -0.4 is 10.6 Å². The van der Waals surface area contributed by atoms with Crippen molar-refractivity contribution in [3.05, 3.63) is 58.8 Å². The first-order valence-electron chi connectivity index (χ1n) is 9.21. The molecule has 5 atom stereocenters. The van der Waals surface area contributed by atoms with Crippen LogP contribution in [0.15, 0.2) is 63.5 Å². The van der Waals surface area contributed by atoms with Crippen molar-refractivity contribution in [3.8, 4) is 0 Å². The molecule has 1 aromatic carbocycles. The van der Waals surface area contributed by atoms with Crippen molar-refractivity contribution in [3.63, 3.8) is 0 Å². The minimum absolute atomic E-state index is 0.0120. The number of carbonyl (C=O) groups excluding carboxylic acids is 2. The van der Waals surface area contributed by atoms with Gasteiger partial charge in [-0.1, -0.05) is 46.3 Å². The standard InChI is InChI=1S/C20H19BrN4O2/c21-19-14-9-23-22-8-13-17(14)15(24-19)7-16(18(13)26)25-20(27)12-6-11(12)10-4-2-1-3-5-10/h1-5,7,11-13,15,19,24H,6,8-9H2,(H,25,27)/t11-,12+,13?,15?,19?/m0/s1. The normalized spacial score (nSPS) is 34.0. The summed E-state index contributed by atoms with van der Waals surface area (Å²) in [6.07, 6.45) is 2.67. The largest absolute Gasteiger partial charge is 0.323 e. The molecule has 3 unspecified atom stereocenters. The number of alkyl halides is 1. The highest BCUT2D eigenvalue weighted by Crippen LogP contribution is 2.47. The third-order valence-electron chi connectivity index (χ3n) is 5.85. The van der Waals surface area contributed by atoms with E-state index < -0.39 is 0 Å². The van der Waals surface area contributed by atoms with Crippen molar-refractivity contribution < 1.29 is 9.59 Å². The van der Waals surface area contributed by atoms with Crippen molar-refractivity contribution in [2.24, 2.45) is 22.1 Å². The van der Waals surface area contributed by atoms with Crippen molar-refractivity contribution in [2.45, 2.75) is 23.3 Å². The highest BCUT2D eigenvalue weighted by Gasteiger charge is 2.47. The third-order valence-corrected chi connectivity index (χ3v) is 6.66. The van der Waals surface area contributed by atoms with Gasteiger partial charge in [-0.15, -0.1) is 0 Å². The minimum atomic E-state index is -0.337. The molecule has 7 heteroatoms. The zero-order chi connectivity index (χ0) is 18.5. The van der Waals surface area contributed by atoms with Crippen LogP contribution in [-0.4, -0.2) is 35.8 Å². The summed E-state index contributed by atoms with van der Waals surface area (Å²) in [5, 5.41) is 14.6. The molecule has 138 valence electrons. The van der Waals surface area contributed by atoms with Gasteiger partial charge in [0.15, 0.2) is 5.78 Å². The Morgan fingerprint density at radius 1 is 1.22 bits per heavy atom. The molecule has 5 rings (SSSR count). The minimum Gasteiger partial charge on any atom is -0.323 e. The van der Waals surface area contributed by atoms with Gasteiger partial charge in [0.25, 0.3) is 0 Å². The number of nitrogens with one attached hydrogen (secondary N) is 2. The molecule has 2 heterocycles. The molecule has 1 aromatic rings. The summed E-state index contributed by atoms with van der Waals surface area (Å²) in [7, 11) is 0. The van der Waals surface area contributed by atoms with E-state index in [-0.39, 0.29) is 40.4 Å². The molecule has 0 bridgehead atoms. The van der Waals surface area contributed by atoms with E-state index in [9.17, 15) is 9.59 Å². The van der Waals surface area contributed by atoms with Crippen LogP contribution in [0.1, 0.15) is 17.9 Å². The second kappa shape index (κ2) is 6.49. The fourth-order valence-corrected chi connectivity index (χ4v) is 5.04. The second-order valence-corrected chi connectivity index (χ2v) is 8.37. The number of Topliss-reactive ketones (excluding diaryl/α,β-unsaturated/α-hetero) is 1. The van der Waals surface area contributed by atoms with Crippen LogP contribution in [0.25, 0.3) is 0 Å². The van der Waals surface area contributed by atoms with Gasteiger partial charge in [-0.2, -0.15) is 10.2 Å². The molecule has 0 radical (unpaired) electrons. The number of amides is 1. The number of hydrogen-bond donors (Lipinski definition) is 2. The van der Waals surface area contributed by atoms with E-state index in [1.165, 1.54) is 5.56 Å². The van der Waals surface area contributed by atoms with Gasteiger partial charge in [-0.3, -0.25) is 14.9 Å². The molecule has 1 saturated carbocycles. The first-order chi connectivity index (χ1) is 13.1. The van der Waals surface area contributed by atoms with E-state index >= 15 is 0 Å². The van der Waals surface area contributed by atoms with E-state index in [2.05, 4.69) is 48.9 Å². The molecule has 4 aliphatic rings. The van der Waals surface area contributed by atoms with E-state index in [4.69, 9.17) is 0 Å². The predicted molar refractivity (Wildman–Crippen MR) is 103 cm³/mol. The van der Waals surface area contributed by atoms with Crippen LogP contribution >= 0.6 is 15.9 Å². The van der Waals surface area contributed by atoms with E-state index in [0.29, 0.717) is 18.8 Å². The lowest BCUT2D eigenvalue weighted by molar-refractivity contribution is -0.125. The van der Waals surface area contributed by atoms with Crippen LogP contribution in [0.5, 0.6) is 0 Å². The molecule has 6 nitrogen and oxygen atoms in total. The summed E-state index contributed by atoms with van der Waals surface area (Å²) in [6.45, 7) is 0.855. The summed E-state index contributed by atoms with van der Waals surface area (Å²) in [6, 6.07) is 10.00. The van der Waals surface area contributed by atoms with Gasteiger partial charge >= 0.3 is 0 Å². The third kappa shape index (κ3) is 2.89. The SMILES string of the molecule is O=C1C(NC(=O)[C@@H]2C[C@H]2c2ccccc2)=CC2NC(Br)C3=C2C1CN=NC3. The zero-order valence-corrected chi connectivity index (χ0v) is 16.1. The number of azo groups is 1. The molecule has 27 heavy (non-hydrogen) atoms. The monoisotopic (exact) mass is 426 g/mol. The smallest absolute Gasteiger partial charge is 0.228 e. The molecule has 1 fully saturated rings. The number of halogens is 1. The fraction of sp³-hybridized carbons (Fsp3) is 0.400. The van der Waals surface area contributed by atoms with Crippen LogP contribution in [0.4, 0.5) is 0 Å². The lowest BCUT2D eigenvalue weighted by atomic mass is 9.82. The molecule has 0 spiro atoms. The fourth-order valence-electron chi connectivity index (χ4n) is 4.35. The average molecular weight is 427 g/mol. The topological polar surface area (TPSA) is 82.9 Å². The maximum atomic E-state index is 13.0. The van der Waals surface area contributed by atoms with Crippen LogP contribution in [0.3, 0.4) is 0 Å². The van der Waals surface area contributed by atoms with Crippen molar-refractivity contribution >= 4 is 27.6 Å². The lowest BCUT2D eigenvalue weighted by Gasteiger charge is -2.27. The number of rotatable bonds is 3. The highest BCUT2D eigenvalue weighted by molar-refractivity contribution is 9.09. The van der Waals surface area contributed by atoms with Gasteiger partial charge in [0, 0.05) is 5.92 Å².